The Labute approximate surface area is 45.5 Å². The van der Waals surface area contributed by atoms with Crippen molar-refractivity contribution in [2.75, 3.05) is 0 Å². The normalized spacial score (nSPS) is 7.00. The van der Waals surface area contributed by atoms with Crippen LogP contribution in [0.1, 0.15) is 0 Å². The minimum absolute atomic E-state index is 0.190. The Morgan fingerprint density at radius 1 is 1.75 bits per heavy atom. The summed E-state index contributed by atoms with van der Waals surface area (Å²) in [5, 5.41) is 6.27. The summed E-state index contributed by atoms with van der Waals surface area (Å²) in [6, 6.07) is 0. The molecule has 0 atom stereocenters. The van der Waals surface area contributed by atoms with Crippen LogP contribution in [0.15, 0.2) is 5.57 Å². The zero-order chi connectivity index (χ0) is 6.57. The average molecular weight is 112 g/mol. The second kappa shape index (κ2) is 2.71. The maximum absolute atomic E-state index is 9.93. The third-order valence-electron chi connectivity index (χ3n) is 0.518. The maximum Gasteiger partial charge on any atom is 0.261 e. The number of amides is 1. The molecule has 0 aliphatic carbocycles. The molecular formula is C4H4N2O2. The molecule has 0 fully saturated rings. The van der Waals surface area contributed by atoms with Gasteiger partial charge in [-0.25, -0.2) is 0 Å². The molecular weight excluding hydrogens is 108 g/mol. The van der Waals surface area contributed by atoms with Gasteiger partial charge in [0.25, 0.3) is 5.91 Å². The van der Waals surface area contributed by atoms with E-state index in [9.17, 15) is 9.59 Å². The van der Waals surface area contributed by atoms with Crippen molar-refractivity contribution >= 4 is 18.1 Å². The summed E-state index contributed by atoms with van der Waals surface area (Å²) in [6.07, 6.45) is 0.190. The number of carbonyl (C=O) groups is 2. The molecule has 4 nitrogen and oxygen atoms in total. The van der Waals surface area contributed by atoms with E-state index in [0.29, 0.717) is 0 Å². The van der Waals surface area contributed by atoms with Crippen LogP contribution in [0, 0.1) is 5.41 Å². The second-order valence-electron chi connectivity index (χ2n) is 1.02. The maximum atomic E-state index is 9.93. The molecule has 4 heteroatoms. The fourth-order valence-electron chi connectivity index (χ4n) is 0.149. The molecule has 0 aromatic carbocycles. The third-order valence-corrected chi connectivity index (χ3v) is 0.518. The van der Waals surface area contributed by atoms with Crippen molar-refractivity contribution in [3.63, 3.8) is 0 Å². The molecule has 0 saturated carbocycles. The summed E-state index contributed by atoms with van der Waals surface area (Å²) in [4.78, 5) is 19.6. The molecule has 0 radical (unpaired) electrons. The average Bonchev–Trinajstić information content (AvgIpc) is 1.69. The van der Waals surface area contributed by atoms with Gasteiger partial charge in [0.1, 0.15) is 5.57 Å². The van der Waals surface area contributed by atoms with Crippen LogP contribution in [0.2, 0.25) is 0 Å². The largest absolute Gasteiger partial charge is 0.365 e. The molecule has 0 saturated heterocycles. The SMILES string of the molecule is N=C=C(C=O)C(N)=O. The number of nitrogens with one attached hydrogen (secondary N) is 1. The van der Waals surface area contributed by atoms with E-state index in [1.807, 2.05) is 0 Å². The molecule has 3 N–H and O–H groups in total. The Kier molecular flexibility index (Phi) is 2.23. The van der Waals surface area contributed by atoms with Crippen molar-refractivity contribution in [1.29, 1.82) is 5.41 Å². The minimum atomic E-state index is -0.921. The number of hydrogen-bond donors (Lipinski definition) is 2. The molecule has 0 aromatic rings. The Hall–Kier alpha value is -1.41. The first-order valence-electron chi connectivity index (χ1n) is 1.77. The Bertz CT molecular complexity index is 167. The van der Waals surface area contributed by atoms with Crippen LogP contribution in [0.3, 0.4) is 0 Å². The number of aldehydes is 1. The van der Waals surface area contributed by atoms with Gasteiger partial charge >= 0.3 is 0 Å². The molecule has 1 amide bonds. The van der Waals surface area contributed by atoms with Crippen LogP contribution in [-0.4, -0.2) is 18.1 Å². The molecule has 0 bridgehead atoms. The van der Waals surface area contributed by atoms with Crippen molar-refractivity contribution in [2.24, 2.45) is 5.73 Å². The van der Waals surface area contributed by atoms with Gasteiger partial charge in [0.15, 0.2) is 6.29 Å². The van der Waals surface area contributed by atoms with E-state index < -0.39 is 11.5 Å². The summed E-state index contributed by atoms with van der Waals surface area (Å²) in [6.45, 7) is 0. The third kappa shape index (κ3) is 1.36. The first-order chi connectivity index (χ1) is 3.72. The van der Waals surface area contributed by atoms with E-state index in [1.165, 1.54) is 0 Å². The quantitative estimate of drug-likeness (QED) is 0.155. The first kappa shape index (κ1) is 6.59. The van der Waals surface area contributed by atoms with Gasteiger partial charge in [-0.15, -0.1) is 0 Å². The lowest BCUT2D eigenvalue weighted by molar-refractivity contribution is -0.116. The van der Waals surface area contributed by atoms with Crippen LogP contribution in [0.25, 0.3) is 0 Å². The Morgan fingerprint density at radius 3 is 2.25 bits per heavy atom. The van der Waals surface area contributed by atoms with E-state index in [-0.39, 0.29) is 6.29 Å². The van der Waals surface area contributed by atoms with Gasteiger partial charge in [-0.05, 0) is 5.87 Å². The fraction of sp³-hybridized carbons (Fsp3) is 0. The molecule has 0 aliphatic heterocycles. The highest BCUT2D eigenvalue weighted by molar-refractivity contribution is 6.16. The van der Waals surface area contributed by atoms with Gasteiger partial charge in [0, 0.05) is 0 Å². The lowest BCUT2D eigenvalue weighted by atomic mass is 10.3. The van der Waals surface area contributed by atoms with Gasteiger partial charge < -0.3 is 5.73 Å². The second-order valence-corrected chi connectivity index (χ2v) is 1.02. The lowest BCUT2D eigenvalue weighted by Crippen LogP contribution is -2.14. The molecule has 8 heavy (non-hydrogen) atoms. The number of primary amides is 1. The van der Waals surface area contributed by atoms with Gasteiger partial charge in [-0.2, -0.15) is 0 Å². The van der Waals surface area contributed by atoms with Gasteiger partial charge in [-0.1, -0.05) is 0 Å². The number of carbonyl (C=O) groups excluding carboxylic acids is 2. The highest BCUT2D eigenvalue weighted by Gasteiger charge is 1.98. The van der Waals surface area contributed by atoms with E-state index in [4.69, 9.17) is 5.41 Å². The number of hydrogen-bond acceptors (Lipinski definition) is 3. The monoisotopic (exact) mass is 112 g/mol. The van der Waals surface area contributed by atoms with Crippen LogP contribution in [0.5, 0.6) is 0 Å². The van der Waals surface area contributed by atoms with E-state index in [0.717, 1.165) is 0 Å². The first-order valence-corrected chi connectivity index (χ1v) is 1.77. The van der Waals surface area contributed by atoms with Crippen molar-refractivity contribution in [2.45, 2.75) is 0 Å². The highest BCUT2D eigenvalue weighted by atomic mass is 16.2. The summed E-state index contributed by atoms with van der Waals surface area (Å²) < 4.78 is 0. The minimum Gasteiger partial charge on any atom is -0.365 e. The highest BCUT2D eigenvalue weighted by Crippen LogP contribution is 1.74. The fourth-order valence-corrected chi connectivity index (χ4v) is 0.149. The topological polar surface area (TPSA) is 84.0 Å². The van der Waals surface area contributed by atoms with Crippen LogP contribution < -0.4 is 5.73 Å². The zero-order valence-electron chi connectivity index (χ0n) is 3.97. The Balaban J connectivity index is 4.37. The van der Waals surface area contributed by atoms with Gasteiger partial charge in [0.2, 0.25) is 0 Å². The van der Waals surface area contributed by atoms with E-state index in [2.05, 4.69) is 5.73 Å². The van der Waals surface area contributed by atoms with Crippen molar-refractivity contribution < 1.29 is 9.59 Å². The Morgan fingerprint density at radius 2 is 2.25 bits per heavy atom. The molecule has 0 aliphatic rings. The zero-order valence-corrected chi connectivity index (χ0v) is 3.97. The van der Waals surface area contributed by atoms with Crippen LogP contribution in [-0.2, 0) is 9.59 Å². The summed E-state index contributed by atoms with van der Waals surface area (Å²) in [5.41, 5.74) is 4.13. The van der Waals surface area contributed by atoms with Crippen LogP contribution >= 0.6 is 0 Å². The van der Waals surface area contributed by atoms with E-state index >= 15 is 0 Å². The van der Waals surface area contributed by atoms with Crippen molar-refractivity contribution in [1.82, 2.24) is 0 Å². The van der Waals surface area contributed by atoms with Crippen molar-refractivity contribution in [3.8, 4) is 0 Å². The summed E-state index contributed by atoms with van der Waals surface area (Å²) in [7, 11) is 0. The molecule has 0 aromatic heterocycles. The van der Waals surface area contributed by atoms with Gasteiger partial charge in [0.05, 0.1) is 0 Å². The summed E-state index contributed by atoms with van der Waals surface area (Å²) >= 11 is 0. The summed E-state index contributed by atoms with van der Waals surface area (Å²) in [5.74, 6) is 0.654. The van der Waals surface area contributed by atoms with Crippen molar-refractivity contribution in [3.05, 3.63) is 5.57 Å². The van der Waals surface area contributed by atoms with Gasteiger partial charge in [-0.3, -0.25) is 15.0 Å². The predicted octanol–water partition coefficient (Wildman–Crippen LogP) is -1.15. The smallest absolute Gasteiger partial charge is 0.261 e. The molecule has 0 heterocycles. The molecule has 0 unspecified atom stereocenters. The molecule has 0 spiro atoms. The standard InChI is InChI=1S/C4H4N2O2/c5-1-3(2-7)4(6)8/h2,5H,(H2,6,8). The number of nitrogens with two attached hydrogens (primary N) is 1. The number of rotatable bonds is 2. The predicted molar refractivity (Wildman–Crippen MR) is 26.5 cm³/mol. The van der Waals surface area contributed by atoms with E-state index in [1.54, 1.807) is 5.87 Å². The lowest BCUT2D eigenvalue weighted by Gasteiger charge is -1.79. The molecule has 42 valence electrons. The van der Waals surface area contributed by atoms with Crippen LogP contribution in [0.4, 0.5) is 0 Å². The molecule has 0 rings (SSSR count).